The van der Waals surface area contributed by atoms with Crippen LogP contribution in [0, 0.1) is 0 Å². The van der Waals surface area contributed by atoms with E-state index < -0.39 is 11.2 Å². The van der Waals surface area contributed by atoms with Crippen molar-refractivity contribution < 1.29 is 9.53 Å². The molecular weight excluding hydrogens is 376 g/mol. The minimum atomic E-state index is -0.545. The molecule has 0 aliphatic rings. The van der Waals surface area contributed by atoms with Crippen molar-refractivity contribution in [3.05, 3.63) is 50.0 Å². The van der Waals surface area contributed by atoms with Gasteiger partial charge in [-0.05, 0) is 12.1 Å². The maximum absolute atomic E-state index is 11.9. The number of rotatable bonds is 7. The number of aromatic nitrogens is 5. The number of H-pyrrole nitrogens is 2. The van der Waals surface area contributed by atoms with Crippen LogP contribution in [0.15, 0.2) is 27.9 Å². The van der Waals surface area contributed by atoms with Gasteiger partial charge in [-0.25, -0.2) is 14.8 Å². The number of amides is 1. The second-order valence-electron chi connectivity index (χ2n) is 5.69. The number of carbonyl (C=O) groups excluding carboxylic acids is 1. The van der Waals surface area contributed by atoms with Crippen molar-refractivity contribution in [2.75, 3.05) is 13.2 Å². The van der Waals surface area contributed by atoms with Crippen LogP contribution in [0.4, 0.5) is 0 Å². The topological polar surface area (TPSA) is 135 Å². The van der Waals surface area contributed by atoms with Gasteiger partial charge < -0.3 is 15.0 Å². The number of nitrogens with zero attached hydrogens (tertiary/aromatic N) is 3. The third-order valence-corrected chi connectivity index (χ3v) is 4.07. The van der Waals surface area contributed by atoms with E-state index in [2.05, 4.69) is 25.3 Å². The zero-order valence-electron chi connectivity index (χ0n) is 14.4. The number of hydrogen-bond donors (Lipinski definition) is 3. The molecule has 0 saturated heterocycles. The van der Waals surface area contributed by atoms with Crippen LogP contribution in [0.3, 0.4) is 0 Å². The molecule has 0 atom stereocenters. The molecule has 3 heterocycles. The number of carbonyl (C=O) groups is 1. The van der Waals surface area contributed by atoms with Crippen LogP contribution in [0.5, 0.6) is 5.88 Å². The second-order valence-corrected chi connectivity index (χ2v) is 6.10. The highest BCUT2D eigenvalue weighted by atomic mass is 35.5. The molecule has 11 heteroatoms. The number of halogens is 1. The lowest BCUT2D eigenvalue weighted by Gasteiger charge is -2.07. The Balaban J connectivity index is 1.49. The third-order valence-electron chi connectivity index (χ3n) is 3.78. The minimum absolute atomic E-state index is 0.163. The standard InChI is InChI=1S/C16H17ClN6O4/c1-23-13-12(14(25)22-16(23)26)20-10(21-13)4-5-11(24)18-7-8-27-15-9(17)3-2-6-19-15/h2-3,6H,4-5,7-8H2,1H3,(H,18,24)(H,20,21)(H,22,25,26). The van der Waals surface area contributed by atoms with Crippen LogP contribution in [0.1, 0.15) is 12.2 Å². The summed E-state index contributed by atoms with van der Waals surface area (Å²) in [6, 6.07) is 3.36. The molecule has 10 nitrogen and oxygen atoms in total. The molecule has 1 amide bonds. The van der Waals surface area contributed by atoms with Crippen molar-refractivity contribution in [3.8, 4) is 5.88 Å². The molecule has 3 N–H and O–H groups in total. The number of nitrogens with one attached hydrogen (secondary N) is 3. The lowest BCUT2D eigenvalue weighted by molar-refractivity contribution is -0.121. The van der Waals surface area contributed by atoms with Crippen LogP contribution in [0.25, 0.3) is 11.2 Å². The highest BCUT2D eigenvalue weighted by Crippen LogP contribution is 2.19. The lowest BCUT2D eigenvalue weighted by Crippen LogP contribution is -2.28. The molecule has 0 aromatic carbocycles. The minimum Gasteiger partial charge on any atom is -0.475 e. The van der Waals surface area contributed by atoms with Crippen LogP contribution in [-0.2, 0) is 18.3 Å². The molecule has 0 spiro atoms. The number of pyridine rings is 1. The number of aryl methyl sites for hydroxylation is 2. The van der Waals surface area contributed by atoms with Crippen LogP contribution in [-0.4, -0.2) is 43.6 Å². The van der Waals surface area contributed by atoms with Crippen LogP contribution < -0.4 is 21.3 Å². The number of ether oxygens (including phenoxy) is 1. The Hall–Kier alpha value is -3.14. The molecule has 3 rings (SSSR count). The first kappa shape index (κ1) is 18.6. The highest BCUT2D eigenvalue weighted by molar-refractivity contribution is 6.31. The zero-order valence-corrected chi connectivity index (χ0v) is 15.2. The van der Waals surface area contributed by atoms with Crippen molar-refractivity contribution in [3.63, 3.8) is 0 Å². The molecule has 3 aromatic heterocycles. The number of hydrogen-bond acceptors (Lipinski definition) is 6. The Morgan fingerprint density at radius 3 is 2.96 bits per heavy atom. The largest absolute Gasteiger partial charge is 0.475 e. The molecular formula is C16H17ClN6O4. The van der Waals surface area contributed by atoms with Gasteiger partial charge >= 0.3 is 5.69 Å². The zero-order chi connectivity index (χ0) is 19.4. The van der Waals surface area contributed by atoms with E-state index in [0.29, 0.717) is 29.7 Å². The predicted octanol–water partition coefficient (Wildman–Crippen LogP) is 0.126. The third kappa shape index (κ3) is 4.34. The maximum Gasteiger partial charge on any atom is 0.329 e. The van der Waals surface area contributed by atoms with Gasteiger partial charge in [0, 0.05) is 26.1 Å². The van der Waals surface area contributed by atoms with Crippen molar-refractivity contribution in [1.82, 2.24) is 29.8 Å². The molecule has 0 aliphatic heterocycles. The second kappa shape index (κ2) is 8.04. The summed E-state index contributed by atoms with van der Waals surface area (Å²) in [7, 11) is 1.51. The van der Waals surface area contributed by atoms with Crippen LogP contribution in [0.2, 0.25) is 5.02 Å². The molecule has 0 fully saturated rings. The van der Waals surface area contributed by atoms with Gasteiger partial charge in [-0.15, -0.1) is 0 Å². The van der Waals surface area contributed by atoms with E-state index in [1.807, 2.05) is 0 Å². The monoisotopic (exact) mass is 392 g/mol. The molecule has 0 radical (unpaired) electrons. The van der Waals surface area contributed by atoms with Crippen molar-refractivity contribution >= 4 is 28.7 Å². The SMILES string of the molecule is Cn1c(=O)[nH]c(=O)c2[nH]c(CCC(=O)NCCOc3ncccc3Cl)nc21. The summed E-state index contributed by atoms with van der Waals surface area (Å²) in [4.78, 5) is 48.5. The fourth-order valence-electron chi connectivity index (χ4n) is 2.41. The van der Waals surface area contributed by atoms with E-state index in [0.717, 1.165) is 0 Å². The first-order chi connectivity index (χ1) is 13.0. The van der Waals surface area contributed by atoms with Gasteiger partial charge in [0.05, 0.1) is 6.54 Å². The average molecular weight is 393 g/mol. The molecule has 0 unspecified atom stereocenters. The Morgan fingerprint density at radius 2 is 2.19 bits per heavy atom. The van der Waals surface area contributed by atoms with E-state index in [9.17, 15) is 14.4 Å². The van der Waals surface area contributed by atoms with Gasteiger partial charge in [0.25, 0.3) is 5.56 Å². The smallest absolute Gasteiger partial charge is 0.329 e. The Morgan fingerprint density at radius 1 is 1.37 bits per heavy atom. The molecule has 0 saturated carbocycles. The van der Waals surface area contributed by atoms with Gasteiger partial charge in [-0.1, -0.05) is 11.6 Å². The highest BCUT2D eigenvalue weighted by Gasteiger charge is 2.12. The Kier molecular flexibility index (Phi) is 5.55. The predicted molar refractivity (Wildman–Crippen MR) is 98.0 cm³/mol. The fourth-order valence-corrected chi connectivity index (χ4v) is 2.58. The van der Waals surface area contributed by atoms with E-state index in [1.165, 1.54) is 11.6 Å². The molecule has 27 heavy (non-hydrogen) atoms. The first-order valence-electron chi connectivity index (χ1n) is 8.13. The van der Waals surface area contributed by atoms with E-state index in [1.54, 1.807) is 18.3 Å². The molecule has 0 bridgehead atoms. The summed E-state index contributed by atoms with van der Waals surface area (Å²) in [6.07, 6.45) is 2.02. The maximum atomic E-state index is 11.9. The summed E-state index contributed by atoms with van der Waals surface area (Å²) in [5.41, 5.74) is -0.633. The van der Waals surface area contributed by atoms with Gasteiger partial charge in [0.15, 0.2) is 5.65 Å². The van der Waals surface area contributed by atoms with Gasteiger partial charge in [-0.3, -0.25) is 19.1 Å². The van der Waals surface area contributed by atoms with Crippen molar-refractivity contribution in [2.45, 2.75) is 12.8 Å². The van der Waals surface area contributed by atoms with Gasteiger partial charge in [0.1, 0.15) is 23.0 Å². The fraction of sp³-hybridized carbons (Fsp3) is 0.312. The molecule has 142 valence electrons. The normalized spacial score (nSPS) is 10.9. The van der Waals surface area contributed by atoms with E-state index in [4.69, 9.17) is 16.3 Å². The summed E-state index contributed by atoms with van der Waals surface area (Å²) in [5.74, 6) is 0.559. The van der Waals surface area contributed by atoms with E-state index >= 15 is 0 Å². The van der Waals surface area contributed by atoms with Crippen molar-refractivity contribution in [2.24, 2.45) is 7.05 Å². The summed E-state index contributed by atoms with van der Waals surface area (Å²) >= 11 is 5.92. The van der Waals surface area contributed by atoms with Gasteiger partial charge in [0.2, 0.25) is 11.8 Å². The summed E-state index contributed by atoms with van der Waals surface area (Å²) in [6.45, 7) is 0.518. The average Bonchev–Trinajstić information content (AvgIpc) is 3.08. The quantitative estimate of drug-likeness (QED) is 0.489. The number of aromatic amines is 2. The van der Waals surface area contributed by atoms with E-state index in [-0.39, 0.29) is 30.1 Å². The molecule has 0 aliphatic carbocycles. The first-order valence-corrected chi connectivity index (χ1v) is 8.51. The Bertz CT molecular complexity index is 1090. The number of imidazole rings is 1. The van der Waals surface area contributed by atoms with Crippen molar-refractivity contribution in [1.29, 1.82) is 0 Å². The molecule has 3 aromatic rings. The van der Waals surface area contributed by atoms with Crippen LogP contribution >= 0.6 is 11.6 Å². The Labute approximate surface area is 157 Å². The lowest BCUT2D eigenvalue weighted by atomic mass is 10.3. The number of fused-ring (bicyclic) bond motifs is 1. The summed E-state index contributed by atoms with van der Waals surface area (Å²) in [5, 5.41) is 3.11. The van der Waals surface area contributed by atoms with Gasteiger partial charge in [-0.2, -0.15) is 0 Å². The summed E-state index contributed by atoms with van der Waals surface area (Å²) < 4.78 is 6.61.